The molecule has 0 bridgehead atoms. The maximum Gasteiger partial charge on any atom is 0.198 e. The first-order valence-corrected chi connectivity index (χ1v) is 10.6. The number of hydrogen-bond donors (Lipinski definition) is 3. The summed E-state index contributed by atoms with van der Waals surface area (Å²) in [5, 5.41) is 6.93. The summed E-state index contributed by atoms with van der Waals surface area (Å²) in [4.78, 5) is 7.20. The lowest BCUT2D eigenvalue weighted by Crippen LogP contribution is -2.61. The highest BCUT2D eigenvalue weighted by Crippen LogP contribution is 2.24. The Kier molecular flexibility index (Phi) is 5.86. The Balaban J connectivity index is 1.57. The van der Waals surface area contributed by atoms with E-state index in [1.165, 1.54) is 30.4 Å². The van der Waals surface area contributed by atoms with Crippen molar-refractivity contribution in [3.8, 4) is 0 Å². The number of nitrogens with two attached hydrogens (primary N) is 1. The summed E-state index contributed by atoms with van der Waals surface area (Å²) in [6, 6.07) is 18.9. The van der Waals surface area contributed by atoms with Gasteiger partial charge in [0.25, 0.3) is 0 Å². The fourth-order valence-corrected chi connectivity index (χ4v) is 3.95. The van der Waals surface area contributed by atoms with Crippen LogP contribution >= 0.6 is 0 Å². The number of piperidine rings is 1. The lowest BCUT2D eigenvalue weighted by Gasteiger charge is -2.40. The number of likely N-dealkylation sites (tertiary alicyclic amines) is 1. The second-order valence-corrected chi connectivity index (χ2v) is 8.03. The van der Waals surface area contributed by atoms with Crippen LogP contribution in [0.5, 0.6) is 0 Å². The maximum atomic E-state index is 6.87. The first-order chi connectivity index (χ1) is 14.1. The SMILES string of the molecule is Cc1ccc(C2(N)C=C(N3CCCCC3)NC(=NCCc3ccccc3)N2)cc1. The van der Waals surface area contributed by atoms with Crippen molar-refractivity contribution in [2.75, 3.05) is 19.6 Å². The highest BCUT2D eigenvalue weighted by atomic mass is 15.4. The number of rotatable bonds is 5. The zero-order valence-electron chi connectivity index (χ0n) is 17.2. The quantitative estimate of drug-likeness (QED) is 0.735. The highest BCUT2D eigenvalue weighted by Gasteiger charge is 2.33. The average molecular weight is 390 g/mol. The number of benzene rings is 2. The predicted molar refractivity (Wildman–Crippen MR) is 119 cm³/mol. The van der Waals surface area contributed by atoms with E-state index in [-0.39, 0.29) is 0 Å². The van der Waals surface area contributed by atoms with E-state index in [4.69, 9.17) is 10.7 Å². The van der Waals surface area contributed by atoms with Gasteiger partial charge >= 0.3 is 0 Å². The topological polar surface area (TPSA) is 65.7 Å². The molecule has 0 saturated carbocycles. The first-order valence-electron chi connectivity index (χ1n) is 10.6. The van der Waals surface area contributed by atoms with Crippen molar-refractivity contribution in [3.63, 3.8) is 0 Å². The van der Waals surface area contributed by atoms with Crippen LogP contribution in [0.2, 0.25) is 0 Å². The Morgan fingerprint density at radius 2 is 1.72 bits per heavy atom. The van der Waals surface area contributed by atoms with Gasteiger partial charge in [-0.2, -0.15) is 0 Å². The Labute approximate surface area is 173 Å². The first kappa shape index (κ1) is 19.5. The van der Waals surface area contributed by atoms with Crippen molar-refractivity contribution < 1.29 is 0 Å². The molecule has 0 amide bonds. The minimum Gasteiger partial charge on any atom is -0.358 e. The molecule has 0 aliphatic carbocycles. The molecule has 0 spiro atoms. The van der Waals surface area contributed by atoms with E-state index in [2.05, 4.69) is 77.1 Å². The molecule has 4 rings (SSSR count). The van der Waals surface area contributed by atoms with Gasteiger partial charge in [-0.3, -0.25) is 4.99 Å². The third-order valence-corrected chi connectivity index (χ3v) is 5.68. The minimum atomic E-state index is -0.780. The van der Waals surface area contributed by atoms with Gasteiger partial charge in [0.1, 0.15) is 11.5 Å². The van der Waals surface area contributed by atoms with Gasteiger partial charge in [0, 0.05) is 25.7 Å². The van der Waals surface area contributed by atoms with Gasteiger partial charge in [0.05, 0.1) is 0 Å². The molecule has 4 N–H and O–H groups in total. The van der Waals surface area contributed by atoms with Crippen molar-refractivity contribution in [2.45, 2.75) is 38.3 Å². The van der Waals surface area contributed by atoms with Crippen molar-refractivity contribution in [1.82, 2.24) is 15.5 Å². The van der Waals surface area contributed by atoms with Gasteiger partial charge in [-0.25, -0.2) is 0 Å². The average Bonchev–Trinajstić information content (AvgIpc) is 2.75. The fraction of sp³-hybridized carbons (Fsp3) is 0.375. The van der Waals surface area contributed by atoms with E-state index < -0.39 is 5.66 Å². The molecule has 2 aliphatic heterocycles. The van der Waals surface area contributed by atoms with Gasteiger partial charge in [-0.05, 0) is 43.7 Å². The molecule has 5 heteroatoms. The van der Waals surface area contributed by atoms with Crippen LogP contribution in [0.15, 0.2) is 71.5 Å². The summed E-state index contributed by atoms with van der Waals surface area (Å²) < 4.78 is 0. The van der Waals surface area contributed by atoms with Gasteiger partial charge in [-0.15, -0.1) is 0 Å². The molecule has 2 aromatic rings. The largest absolute Gasteiger partial charge is 0.358 e. The second kappa shape index (κ2) is 8.70. The zero-order chi connectivity index (χ0) is 20.1. The number of hydrogen-bond acceptors (Lipinski definition) is 3. The zero-order valence-corrected chi connectivity index (χ0v) is 17.2. The van der Waals surface area contributed by atoms with Crippen LogP contribution < -0.4 is 16.4 Å². The minimum absolute atomic E-state index is 0.705. The molecule has 1 atom stereocenters. The monoisotopic (exact) mass is 389 g/mol. The molecule has 1 fully saturated rings. The van der Waals surface area contributed by atoms with Crippen molar-refractivity contribution in [3.05, 3.63) is 83.2 Å². The van der Waals surface area contributed by atoms with Crippen LogP contribution in [-0.2, 0) is 12.1 Å². The van der Waals surface area contributed by atoms with Crippen LogP contribution in [-0.4, -0.2) is 30.5 Å². The molecule has 152 valence electrons. The molecule has 29 heavy (non-hydrogen) atoms. The van der Waals surface area contributed by atoms with Crippen molar-refractivity contribution in [2.24, 2.45) is 10.7 Å². The van der Waals surface area contributed by atoms with E-state index in [0.717, 1.165) is 36.9 Å². The van der Waals surface area contributed by atoms with E-state index in [1.54, 1.807) is 0 Å². The lowest BCUT2D eigenvalue weighted by molar-refractivity contribution is 0.265. The van der Waals surface area contributed by atoms with Gasteiger partial charge < -0.3 is 21.3 Å². The molecule has 2 aromatic carbocycles. The molecule has 2 heterocycles. The highest BCUT2D eigenvalue weighted by molar-refractivity contribution is 5.84. The Morgan fingerprint density at radius 1 is 1.00 bits per heavy atom. The number of aryl methyl sites for hydroxylation is 1. The predicted octanol–water partition coefficient (Wildman–Crippen LogP) is 3.23. The van der Waals surface area contributed by atoms with Crippen LogP contribution in [0.4, 0.5) is 0 Å². The van der Waals surface area contributed by atoms with Crippen LogP contribution in [0.3, 0.4) is 0 Å². The third kappa shape index (κ3) is 4.80. The standard InChI is InChI=1S/C24H31N5/c1-19-10-12-21(13-11-19)24(25)18-22(29-16-6-3-7-17-29)27-23(28-24)26-15-14-20-8-4-2-5-9-20/h2,4-5,8-13,18H,3,6-7,14-17,25H2,1H3,(H2,26,27,28). The van der Waals surface area contributed by atoms with Gasteiger partial charge in [0.15, 0.2) is 5.96 Å². The lowest BCUT2D eigenvalue weighted by atomic mass is 9.97. The molecule has 1 saturated heterocycles. The number of guanidine groups is 1. The fourth-order valence-electron chi connectivity index (χ4n) is 3.95. The van der Waals surface area contributed by atoms with E-state index >= 15 is 0 Å². The normalized spacial score (nSPS) is 23.3. The molecule has 0 aromatic heterocycles. The summed E-state index contributed by atoms with van der Waals surface area (Å²) >= 11 is 0. The third-order valence-electron chi connectivity index (χ3n) is 5.68. The maximum absolute atomic E-state index is 6.87. The number of aliphatic imine (C=N–C) groups is 1. The smallest absolute Gasteiger partial charge is 0.198 e. The van der Waals surface area contributed by atoms with E-state index in [0.29, 0.717) is 6.54 Å². The molecule has 1 unspecified atom stereocenters. The molecule has 5 nitrogen and oxygen atoms in total. The van der Waals surface area contributed by atoms with Crippen LogP contribution in [0.25, 0.3) is 0 Å². The summed E-state index contributed by atoms with van der Waals surface area (Å²) in [5.74, 6) is 1.80. The van der Waals surface area contributed by atoms with E-state index in [9.17, 15) is 0 Å². The van der Waals surface area contributed by atoms with Gasteiger partial charge in [0.2, 0.25) is 0 Å². The van der Waals surface area contributed by atoms with Crippen molar-refractivity contribution in [1.29, 1.82) is 0 Å². The van der Waals surface area contributed by atoms with Gasteiger partial charge in [-0.1, -0.05) is 60.2 Å². The summed E-state index contributed by atoms with van der Waals surface area (Å²) in [6.07, 6.45) is 6.74. The van der Waals surface area contributed by atoms with Crippen LogP contribution in [0.1, 0.15) is 36.0 Å². The number of nitrogens with zero attached hydrogens (tertiary/aromatic N) is 2. The Morgan fingerprint density at radius 3 is 2.45 bits per heavy atom. The summed E-state index contributed by atoms with van der Waals surface area (Å²) in [7, 11) is 0. The second-order valence-electron chi connectivity index (χ2n) is 8.03. The number of nitrogens with one attached hydrogen (secondary N) is 2. The molecule has 2 aliphatic rings. The van der Waals surface area contributed by atoms with Crippen molar-refractivity contribution >= 4 is 5.96 Å². The summed E-state index contributed by atoms with van der Waals surface area (Å²) in [5.41, 5.74) is 9.64. The summed E-state index contributed by atoms with van der Waals surface area (Å²) in [6.45, 7) is 4.91. The molecular formula is C24H31N5. The Hall–Kier alpha value is -2.79. The molecular weight excluding hydrogens is 358 g/mol. The molecule has 0 radical (unpaired) electrons. The Bertz CT molecular complexity index is 866. The van der Waals surface area contributed by atoms with E-state index in [1.807, 2.05) is 6.07 Å². The van der Waals surface area contributed by atoms with Crippen LogP contribution in [0, 0.1) is 6.92 Å².